The van der Waals surface area contributed by atoms with Crippen molar-refractivity contribution in [1.29, 1.82) is 0 Å². The van der Waals surface area contributed by atoms with E-state index in [1.807, 2.05) is 24.4 Å². The molecule has 2 aromatic rings. The monoisotopic (exact) mass is 351 g/mol. The van der Waals surface area contributed by atoms with Crippen molar-refractivity contribution in [3.8, 4) is 0 Å². The maximum atomic E-state index is 13.2. The number of benzene rings is 1. The van der Waals surface area contributed by atoms with Crippen LogP contribution in [-0.4, -0.2) is 16.9 Å². The molecule has 0 aliphatic carbocycles. The molecule has 0 bridgehead atoms. The molecule has 0 aliphatic rings. The van der Waals surface area contributed by atoms with Crippen molar-refractivity contribution in [2.45, 2.75) is 38.0 Å². The Kier molecular flexibility index (Phi) is 7.12. The van der Waals surface area contributed by atoms with Gasteiger partial charge in [0.25, 0.3) is 0 Å². The Labute approximate surface area is 145 Å². The minimum absolute atomic E-state index is 0.0221. The van der Waals surface area contributed by atoms with Gasteiger partial charge in [-0.2, -0.15) is 0 Å². The zero-order chi connectivity index (χ0) is 16.7. The van der Waals surface area contributed by atoms with Crippen molar-refractivity contribution < 1.29 is 9.18 Å². The normalized spacial score (nSPS) is 13.5. The largest absolute Gasteiger partial charge is 0.343 e. The second-order valence-electron chi connectivity index (χ2n) is 5.38. The van der Waals surface area contributed by atoms with Crippen LogP contribution in [0.3, 0.4) is 0 Å². The van der Waals surface area contributed by atoms with E-state index in [1.165, 1.54) is 12.1 Å². The molecule has 1 N–H and O–H groups in total. The molecule has 1 aromatic carbocycles. The predicted molar refractivity (Wildman–Crippen MR) is 97.5 cm³/mol. The standard InChI is InChI=1S/C18H22FNOS2/c1-3-4-11-22-13(2)18(21)20-17(16-6-5-12-23-16)14-7-9-15(19)10-8-14/h5-10,12-13,17H,3-4,11H2,1-2H3,(H,20,21). The van der Waals surface area contributed by atoms with Gasteiger partial charge in [-0.25, -0.2) is 4.39 Å². The van der Waals surface area contributed by atoms with Gasteiger partial charge in [-0.15, -0.1) is 23.1 Å². The average Bonchev–Trinajstić information content (AvgIpc) is 3.07. The second-order valence-corrected chi connectivity index (χ2v) is 7.80. The van der Waals surface area contributed by atoms with Crippen LogP contribution in [0, 0.1) is 5.82 Å². The Hall–Kier alpha value is -1.33. The fraction of sp³-hybridized carbons (Fsp3) is 0.389. The quantitative estimate of drug-likeness (QED) is 0.677. The molecule has 124 valence electrons. The maximum Gasteiger partial charge on any atom is 0.233 e. The highest BCUT2D eigenvalue weighted by Gasteiger charge is 2.21. The van der Waals surface area contributed by atoms with Gasteiger partial charge in [0.1, 0.15) is 5.82 Å². The fourth-order valence-electron chi connectivity index (χ4n) is 2.17. The van der Waals surface area contributed by atoms with Gasteiger partial charge in [0.2, 0.25) is 5.91 Å². The molecule has 0 aliphatic heterocycles. The molecular formula is C18H22FNOS2. The van der Waals surface area contributed by atoms with Gasteiger partial charge in [0, 0.05) is 4.88 Å². The SMILES string of the molecule is CCCCSC(C)C(=O)NC(c1ccc(F)cc1)c1cccs1. The average molecular weight is 352 g/mol. The third kappa shape index (κ3) is 5.36. The van der Waals surface area contributed by atoms with Gasteiger partial charge in [-0.05, 0) is 48.2 Å². The highest BCUT2D eigenvalue weighted by molar-refractivity contribution is 8.00. The molecular weight excluding hydrogens is 329 g/mol. The molecule has 23 heavy (non-hydrogen) atoms. The number of unbranched alkanes of at least 4 members (excludes halogenated alkanes) is 1. The molecule has 0 radical (unpaired) electrons. The first-order valence-electron chi connectivity index (χ1n) is 7.82. The summed E-state index contributed by atoms with van der Waals surface area (Å²) < 4.78 is 13.2. The molecule has 2 unspecified atom stereocenters. The van der Waals surface area contributed by atoms with Crippen molar-refractivity contribution >= 4 is 29.0 Å². The van der Waals surface area contributed by atoms with Crippen molar-refractivity contribution in [3.63, 3.8) is 0 Å². The second kappa shape index (κ2) is 9.08. The molecule has 1 heterocycles. The molecule has 0 spiro atoms. The number of amides is 1. The number of carbonyl (C=O) groups is 1. The van der Waals surface area contributed by atoms with Gasteiger partial charge in [0.05, 0.1) is 11.3 Å². The molecule has 0 saturated carbocycles. The highest BCUT2D eigenvalue weighted by atomic mass is 32.2. The van der Waals surface area contributed by atoms with E-state index in [-0.39, 0.29) is 23.0 Å². The van der Waals surface area contributed by atoms with Crippen LogP contribution in [0.2, 0.25) is 0 Å². The summed E-state index contributed by atoms with van der Waals surface area (Å²) in [5.74, 6) is 0.744. The van der Waals surface area contributed by atoms with Gasteiger partial charge < -0.3 is 5.32 Å². The van der Waals surface area contributed by atoms with E-state index in [2.05, 4.69) is 12.2 Å². The van der Waals surface area contributed by atoms with Crippen LogP contribution >= 0.6 is 23.1 Å². The number of halogens is 1. The molecule has 0 saturated heterocycles. The first-order valence-corrected chi connectivity index (χ1v) is 9.75. The Morgan fingerprint density at radius 1 is 1.30 bits per heavy atom. The molecule has 1 aromatic heterocycles. The summed E-state index contributed by atoms with van der Waals surface area (Å²) in [7, 11) is 0. The first kappa shape index (κ1) is 18.0. The van der Waals surface area contributed by atoms with Crippen molar-refractivity contribution in [1.82, 2.24) is 5.32 Å². The van der Waals surface area contributed by atoms with Crippen LogP contribution in [0.15, 0.2) is 41.8 Å². The molecule has 2 atom stereocenters. The minimum Gasteiger partial charge on any atom is -0.343 e. The Morgan fingerprint density at radius 2 is 2.04 bits per heavy atom. The van der Waals surface area contributed by atoms with Gasteiger partial charge in [-0.3, -0.25) is 4.79 Å². The lowest BCUT2D eigenvalue weighted by atomic mass is 10.1. The number of thiophene rings is 1. The Morgan fingerprint density at radius 3 is 2.65 bits per heavy atom. The summed E-state index contributed by atoms with van der Waals surface area (Å²) in [4.78, 5) is 13.5. The molecule has 2 rings (SSSR count). The van der Waals surface area contributed by atoms with E-state index in [0.29, 0.717) is 0 Å². The van der Waals surface area contributed by atoms with Crippen LogP contribution in [-0.2, 0) is 4.79 Å². The summed E-state index contributed by atoms with van der Waals surface area (Å²) >= 11 is 3.27. The third-order valence-corrected chi connectivity index (χ3v) is 5.73. The van der Waals surface area contributed by atoms with Gasteiger partial charge in [0.15, 0.2) is 0 Å². The number of thioether (sulfide) groups is 1. The maximum absolute atomic E-state index is 13.2. The lowest BCUT2D eigenvalue weighted by Crippen LogP contribution is -2.34. The van der Waals surface area contributed by atoms with E-state index in [9.17, 15) is 9.18 Å². The lowest BCUT2D eigenvalue weighted by molar-refractivity contribution is -0.120. The van der Waals surface area contributed by atoms with Crippen molar-refractivity contribution in [2.75, 3.05) is 5.75 Å². The van der Waals surface area contributed by atoms with Crippen LogP contribution < -0.4 is 5.32 Å². The van der Waals surface area contributed by atoms with Crippen LogP contribution in [0.25, 0.3) is 0 Å². The summed E-state index contributed by atoms with van der Waals surface area (Å²) in [6.07, 6.45) is 2.25. The topological polar surface area (TPSA) is 29.1 Å². The summed E-state index contributed by atoms with van der Waals surface area (Å²) in [5, 5.41) is 5.00. The van der Waals surface area contributed by atoms with E-state index >= 15 is 0 Å². The van der Waals surface area contributed by atoms with E-state index in [0.717, 1.165) is 29.0 Å². The van der Waals surface area contributed by atoms with Crippen LogP contribution in [0.4, 0.5) is 4.39 Å². The zero-order valence-electron chi connectivity index (χ0n) is 13.4. The van der Waals surface area contributed by atoms with Crippen molar-refractivity contribution in [2.24, 2.45) is 0 Å². The fourth-order valence-corrected chi connectivity index (χ4v) is 4.00. The Bertz CT molecular complexity index is 598. The van der Waals surface area contributed by atoms with E-state index < -0.39 is 0 Å². The predicted octanol–water partition coefficient (Wildman–Crippen LogP) is 5.01. The van der Waals surface area contributed by atoms with E-state index in [4.69, 9.17) is 0 Å². The first-order chi connectivity index (χ1) is 11.1. The van der Waals surface area contributed by atoms with Crippen molar-refractivity contribution in [3.05, 3.63) is 58.0 Å². The Balaban J connectivity index is 2.09. The summed E-state index contributed by atoms with van der Waals surface area (Å²) in [6.45, 7) is 4.08. The van der Waals surface area contributed by atoms with Gasteiger partial charge >= 0.3 is 0 Å². The number of carbonyl (C=O) groups excluding carboxylic acids is 1. The van der Waals surface area contributed by atoms with E-state index in [1.54, 1.807) is 35.2 Å². The molecule has 2 nitrogen and oxygen atoms in total. The number of hydrogen-bond acceptors (Lipinski definition) is 3. The summed E-state index contributed by atoms with van der Waals surface area (Å²) in [5.41, 5.74) is 0.896. The third-order valence-electron chi connectivity index (χ3n) is 3.55. The van der Waals surface area contributed by atoms with Gasteiger partial charge in [-0.1, -0.05) is 31.5 Å². The number of hydrogen-bond donors (Lipinski definition) is 1. The highest BCUT2D eigenvalue weighted by Crippen LogP contribution is 2.27. The molecule has 0 fully saturated rings. The molecule has 5 heteroatoms. The lowest BCUT2D eigenvalue weighted by Gasteiger charge is -2.20. The zero-order valence-corrected chi connectivity index (χ0v) is 15.1. The number of rotatable bonds is 8. The van der Waals surface area contributed by atoms with Crippen LogP contribution in [0.5, 0.6) is 0 Å². The molecule has 1 amide bonds. The summed E-state index contributed by atoms with van der Waals surface area (Å²) in [6, 6.07) is 10.1. The smallest absolute Gasteiger partial charge is 0.233 e. The minimum atomic E-state index is -0.270. The van der Waals surface area contributed by atoms with Crippen LogP contribution in [0.1, 0.15) is 43.2 Å². The number of nitrogens with one attached hydrogen (secondary N) is 1.